The molecule has 0 unspecified atom stereocenters. The molecule has 0 heterocycles. The Morgan fingerprint density at radius 3 is 2.33 bits per heavy atom. The van der Waals surface area contributed by atoms with Crippen LogP contribution in [0.5, 0.6) is 0 Å². The van der Waals surface area contributed by atoms with Gasteiger partial charge in [0.2, 0.25) is 0 Å². The summed E-state index contributed by atoms with van der Waals surface area (Å²) in [4.78, 5) is 14.5. The fraction of sp³-hybridized carbons (Fsp3) is 0.231. The molecule has 0 radical (unpaired) electrons. The third kappa shape index (κ3) is 3.29. The SMILES string of the molecule is C=N/C(=C\C(=O)c1ccc(C)c(C)c1)C(F)(F)F. The van der Waals surface area contributed by atoms with Crippen molar-refractivity contribution in [3.63, 3.8) is 0 Å². The zero-order chi connectivity index (χ0) is 13.9. The minimum absolute atomic E-state index is 0.198. The predicted molar refractivity (Wildman–Crippen MR) is 63.9 cm³/mol. The number of halogens is 3. The van der Waals surface area contributed by atoms with Crippen molar-refractivity contribution in [3.8, 4) is 0 Å². The highest BCUT2D eigenvalue weighted by Gasteiger charge is 2.33. The van der Waals surface area contributed by atoms with Crippen LogP contribution in [-0.2, 0) is 0 Å². The van der Waals surface area contributed by atoms with E-state index in [9.17, 15) is 18.0 Å². The second kappa shape index (κ2) is 5.16. The highest BCUT2D eigenvalue weighted by atomic mass is 19.4. The molecule has 96 valence electrons. The lowest BCUT2D eigenvalue weighted by Gasteiger charge is -2.06. The number of carbonyl (C=O) groups is 1. The minimum Gasteiger partial charge on any atom is -0.289 e. The van der Waals surface area contributed by atoms with E-state index in [1.807, 2.05) is 6.92 Å². The quantitative estimate of drug-likeness (QED) is 0.460. The summed E-state index contributed by atoms with van der Waals surface area (Å²) in [6.45, 7) is 6.45. The standard InChI is InChI=1S/C13H12F3NO/c1-8-4-5-10(6-9(8)2)11(18)7-12(17-3)13(14,15)16/h4-7H,3H2,1-2H3/b12-7-. The molecule has 18 heavy (non-hydrogen) atoms. The summed E-state index contributed by atoms with van der Waals surface area (Å²) in [6.07, 6.45) is -4.21. The van der Waals surface area contributed by atoms with Crippen LogP contribution < -0.4 is 0 Å². The Bertz CT molecular complexity index is 515. The van der Waals surface area contributed by atoms with E-state index in [1.165, 1.54) is 6.07 Å². The summed E-state index contributed by atoms with van der Waals surface area (Å²) in [5, 5.41) is 0. The van der Waals surface area contributed by atoms with E-state index in [-0.39, 0.29) is 5.56 Å². The molecule has 1 rings (SSSR count). The smallest absolute Gasteiger partial charge is 0.289 e. The van der Waals surface area contributed by atoms with Gasteiger partial charge in [0.15, 0.2) is 5.78 Å². The van der Waals surface area contributed by atoms with Gasteiger partial charge in [0.05, 0.1) is 0 Å². The monoisotopic (exact) mass is 255 g/mol. The Morgan fingerprint density at radius 2 is 1.89 bits per heavy atom. The molecule has 0 bridgehead atoms. The number of alkyl halides is 3. The number of nitrogens with zero attached hydrogens (tertiary/aromatic N) is 1. The van der Waals surface area contributed by atoms with E-state index >= 15 is 0 Å². The lowest BCUT2D eigenvalue weighted by Crippen LogP contribution is -2.12. The molecule has 0 spiro atoms. The first-order valence-electron chi connectivity index (χ1n) is 5.13. The summed E-state index contributed by atoms with van der Waals surface area (Å²) in [6, 6.07) is 4.72. The van der Waals surface area contributed by atoms with E-state index in [4.69, 9.17) is 0 Å². The molecule has 1 aromatic carbocycles. The average molecular weight is 255 g/mol. The number of hydrogen-bond acceptors (Lipinski definition) is 2. The summed E-state index contributed by atoms with van der Waals surface area (Å²) in [7, 11) is 0. The number of allylic oxidation sites excluding steroid dienone is 2. The topological polar surface area (TPSA) is 29.4 Å². The molecule has 0 aliphatic heterocycles. The first-order chi connectivity index (χ1) is 8.25. The first kappa shape index (κ1) is 14.2. The van der Waals surface area contributed by atoms with Gasteiger partial charge in [-0.2, -0.15) is 13.2 Å². The van der Waals surface area contributed by atoms with Crippen LogP contribution in [-0.4, -0.2) is 18.7 Å². The van der Waals surface area contributed by atoms with Gasteiger partial charge < -0.3 is 0 Å². The molecule has 2 nitrogen and oxygen atoms in total. The molecule has 0 aliphatic carbocycles. The second-order valence-electron chi connectivity index (χ2n) is 3.85. The van der Waals surface area contributed by atoms with E-state index in [1.54, 1.807) is 19.1 Å². The molecule has 0 aliphatic rings. The Kier molecular flexibility index (Phi) is 4.06. The highest BCUT2D eigenvalue weighted by Crippen LogP contribution is 2.26. The maximum absolute atomic E-state index is 12.4. The zero-order valence-electron chi connectivity index (χ0n) is 10.0. The number of aliphatic imine (C=N–C) groups is 1. The van der Waals surface area contributed by atoms with Crippen LogP contribution in [0.15, 0.2) is 35.0 Å². The maximum atomic E-state index is 12.4. The van der Waals surface area contributed by atoms with E-state index in [2.05, 4.69) is 11.7 Å². The van der Waals surface area contributed by atoms with Gasteiger partial charge in [-0.05, 0) is 37.8 Å². The maximum Gasteiger partial charge on any atom is 0.433 e. The fourth-order valence-electron chi connectivity index (χ4n) is 1.32. The lowest BCUT2D eigenvalue weighted by atomic mass is 10.0. The van der Waals surface area contributed by atoms with Crippen LogP contribution in [0.3, 0.4) is 0 Å². The van der Waals surface area contributed by atoms with Gasteiger partial charge in [0.25, 0.3) is 0 Å². The van der Waals surface area contributed by atoms with Crippen LogP contribution in [0.1, 0.15) is 21.5 Å². The zero-order valence-corrected chi connectivity index (χ0v) is 10.0. The molecule has 0 amide bonds. The van der Waals surface area contributed by atoms with E-state index in [0.717, 1.165) is 11.1 Å². The Morgan fingerprint density at radius 1 is 1.28 bits per heavy atom. The Hall–Kier alpha value is -1.91. The van der Waals surface area contributed by atoms with Gasteiger partial charge in [-0.3, -0.25) is 9.79 Å². The minimum atomic E-state index is -4.67. The van der Waals surface area contributed by atoms with Gasteiger partial charge in [0, 0.05) is 11.6 Å². The molecule has 0 aromatic heterocycles. The lowest BCUT2D eigenvalue weighted by molar-refractivity contribution is -0.0922. The normalized spacial score (nSPS) is 12.4. The third-order valence-corrected chi connectivity index (χ3v) is 2.52. The van der Waals surface area contributed by atoms with Crippen LogP contribution in [0.2, 0.25) is 0 Å². The van der Waals surface area contributed by atoms with Crippen LogP contribution in [0, 0.1) is 13.8 Å². The van der Waals surface area contributed by atoms with Crippen LogP contribution in [0.4, 0.5) is 13.2 Å². The van der Waals surface area contributed by atoms with Crippen molar-refractivity contribution in [1.82, 2.24) is 0 Å². The van der Waals surface area contributed by atoms with Crippen LogP contribution in [0.25, 0.3) is 0 Å². The second-order valence-corrected chi connectivity index (χ2v) is 3.85. The van der Waals surface area contributed by atoms with Gasteiger partial charge in [-0.25, -0.2) is 0 Å². The number of carbonyl (C=O) groups excluding carboxylic acids is 1. The highest BCUT2D eigenvalue weighted by molar-refractivity contribution is 6.05. The van der Waals surface area contributed by atoms with Crippen molar-refractivity contribution in [2.24, 2.45) is 4.99 Å². The van der Waals surface area contributed by atoms with Crippen molar-refractivity contribution in [3.05, 3.63) is 46.7 Å². The Labute approximate surface area is 103 Å². The van der Waals surface area contributed by atoms with Crippen molar-refractivity contribution in [2.75, 3.05) is 0 Å². The molecule has 1 aromatic rings. The summed E-state index contributed by atoms with van der Waals surface area (Å²) >= 11 is 0. The molecular formula is C13H12F3NO. The molecule has 0 saturated heterocycles. The molecule has 5 heteroatoms. The summed E-state index contributed by atoms with van der Waals surface area (Å²) < 4.78 is 37.2. The van der Waals surface area contributed by atoms with Crippen molar-refractivity contribution >= 4 is 12.5 Å². The molecule has 0 N–H and O–H groups in total. The van der Waals surface area contributed by atoms with Crippen molar-refractivity contribution in [2.45, 2.75) is 20.0 Å². The van der Waals surface area contributed by atoms with E-state index in [0.29, 0.717) is 6.08 Å². The van der Waals surface area contributed by atoms with Gasteiger partial charge in [0.1, 0.15) is 5.70 Å². The largest absolute Gasteiger partial charge is 0.433 e. The molecular weight excluding hydrogens is 243 g/mol. The third-order valence-electron chi connectivity index (χ3n) is 2.52. The van der Waals surface area contributed by atoms with Crippen molar-refractivity contribution < 1.29 is 18.0 Å². The molecule has 0 atom stereocenters. The number of benzene rings is 1. The molecule has 0 saturated carbocycles. The fourth-order valence-corrected chi connectivity index (χ4v) is 1.32. The van der Waals surface area contributed by atoms with Gasteiger partial charge in [-0.1, -0.05) is 12.1 Å². The number of hydrogen-bond donors (Lipinski definition) is 0. The first-order valence-corrected chi connectivity index (χ1v) is 5.13. The number of aryl methyl sites for hydroxylation is 2. The molecule has 0 fully saturated rings. The predicted octanol–water partition coefficient (Wildman–Crippen LogP) is 3.63. The Balaban J connectivity index is 3.11. The number of ketones is 1. The average Bonchev–Trinajstić information content (AvgIpc) is 2.27. The van der Waals surface area contributed by atoms with Crippen LogP contribution >= 0.6 is 0 Å². The van der Waals surface area contributed by atoms with Gasteiger partial charge >= 0.3 is 6.18 Å². The van der Waals surface area contributed by atoms with Gasteiger partial charge in [-0.15, -0.1) is 0 Å². The summed E-state index contributed by atoms with van der Waals surface area (Å²) in [5.74, 6) is -0.738. The summed E-state index contributed by atoms with van der Waals surface area (Å²) in [5.41, 5.74) is 0.719. The number of rotatable bonds is 3. The van der Waals surface area contributed by atoms with E-state index < -0.39 is 17.7 Å². The van der Waals surface area contributed by atoms with Crippen molar-refractivity contribution in [1.29, 1.82) is 0 Å².